The van der Waals surface area contributed by atoms with Crippen molar-refractivity contribution >= 4 is 0 Å². The highest BCUT2D eigenvalue weighted by atomic mass is 16.5. The fourth-order valence-corrected chi connectivity index (χ4v) is 2.34. The number of rotatable bonds is 7. The summed E-state index contributed by atoms with van der Waals surface area (Å²) in [5.74, 6) is 0. The lowest BCUT2D eigenvalue weighted by Crippen LogP contribution is -2.46. The molecule has 0 saturated carbocycles. The minimum Gasteiger partial charge on any atom is -0.380 e. The molecule has 0 aliphatic carbocycles. The van der Waals surface area contributed by atoms with Crippen LogP contribution in [0.25, 0.3) is 0 Å². The number of likely N-dealkylation sites (tertiary alicyclic amines) is 1. The minimum atomic E-state index is 0.472. The lowest BCUT2D eigenvalue weighted by Gasteiger charge is -2.33. The van der Waals surface area contributed by atoms with E-state index in [9.17, 15) is 0 Å². The molecule has 0 spiro atoms. The van der Waals surface area contributed by atoms with Crippen LogP contribution in [0, 0.1) is 0 Å². The molecule has 1 atom stereocenters. The van der Waals surface area contributed by atoms with E-state index < -0.39 is 0 Å². The van der Waals surface area contributed by atoms with Gasteiger partial charge in [-0.05, 0) is 53.6 Å². The number of piperidine rings is 1. The number of ether oxygens (including phenoxy) is 1. The van der Waals surface area contributed by atoms with Crippen LogP contribution in [-0.2, 0) is 4.74 Å². The van der Waals surface area contributed by atoms with Crippen molar-refractivity contribution in [3.63, 3.8) is 0 Å². The van der Waals surface area contributed by atoms with Crippen molar-refractivity contribution < 1.29 is 4.74 Å². The van der Waals surface area contributed by atoms with Gasteiger partial charge in [-0.15, -0.1) is 0 Å². The average molecular weight is 254 g/mol. The number of hydrogen-bond donors (Lipinski definition) is 1. The highest BCUT2D eigenvalue weighted by Gasteiger charge is 2.19. The molecule has 18 heavy (non-hydrogen) atoms. The third-order valence-electron chi connectivity index (χ3n) is 3.44. The largest absolute Gasteiger partial charge is 0.380 e. The second kappa shape index (κ2) is 8.68. The van der Waals surface area contributed by atoms with E-state index in [-0.39, 0.29) is 0 Å². The van der Waals surface area contributed by atoms with Crippen LogP contribution in [0.15, 0.2) is 11.6 Å². The third-order valence-corrected chi connectivity index (χ3v) is 3.44. The Bertz CT molecular complexity index is 241. The summed E-state index contributed by atoms with van der Waals surface area (Å²) in [6.07, 6.45) is 4.84. The van der Waals surface area contributed by atoms with Gasteiger partial charge in [0.1, 0.15) is 0 Å². The summed E-state index contributed by atoms with van der Waals surface area (Å²) < 4.78 is 5.44. The maximum absolute atomic E-state index is 5.44. The second-order valence-electron chi connectivity index (χ2n) is 5.58. The molecule has 3 nitrogen and oxygen atoms in total. The van der Waals surface area contributed by atoms with Gasteiger partial charge in [-0.1, -0.05) is 11.6 Å². The first-order valence-electron chi connectivity index (χ1n) is 7.31. The average Bonchev–Trinajstić information content (AvgIpc) is 2.35. The van der Waals surface area contributed by atoms with Crippen LogP contribution in [0.1, 0.15) is 40.5 Å². The lowest BCUT2D eigenvalue weighted by atomic mass is 10.0. The van der Waals surface area contributed by atoms with Gasteiger partial charge in [0.2, 0.25) is 0 Å². The summed E-state index contributed by atoms with van der Waals surface area (Å²) in [6.45, 7) is 13.8. The van der Waals surface area contributed by atoms with Gasteiger partial charge in [0.25, 0.3) is 0 Å². The van der Waals surface area contributed by atoms with Gasteiger partial charge >= 0.3 is 0 Å². The molecule has 0 aromatic heterocycles. The molecule has 1 rings (SSSR count). The Labute approximate surface area is 113 Å². The van der Waals surface area contributed by atoms with E-state index in [1.165, 1.54) is 31.5 Å². The third kappa shape index (κ3) is 6.53. The zero-order valence-corrected chi connectivity index (χ0v) is 12.5. The van der Waals surface area contributed by atoms with Gasteiger partial charge in [-0.2, -0.15) is 0 Å². The molecular weight excluding hydrogens is 224 g/mol. The van der Waals surface area contributed by atoms with E-state index >= 15 is 0 Å². The van der Waals surface area contributed by atoms with Gasteiger partial charge < -0.3 is 10.1 Å². The van der Waals surface area contributed by atoms with Crippen molar-refractivity contribution in [2.75, 3.05) is 32.8 Å². The first kappa shape index (κ1) is 15.7. The Hall–Kier alpha value is -0.380. The minimum absolute atomic E-state index is 0.472. The Morgan fingerprint density at radius 2 is 2.06 bits per heavy atom. The summed E-state index contributed by atoms with van der Waals surface area (Å²) in [6, 6.07) is 1.14. The fraction of sp³-hybridized carbons (Fsp3) is 0.867. The van der Waals surface area contributed by atoms with Crippen LogP contribution in [0.4, 0.5) is 0 Å². The molecule has 1 fully saturated rings. The van der Waals surface area contributed by atoms with Gasteiger partial charge in [0.05, 0.1) is 6.61 Å². The highest BCUT2D eigenvalue weighted by molar-refractivity contribution is 4.95. The molecule has 0 radical (unpaired) electrons. The van der Waals surface area contributed by atoms with Gasteiger partial charge in [0, 0.05) is 25.2 Å². The van der Waals surface area contributed by atoms with Crippen molar-refractivity contribution in [2.24, 2.45) is 0 Å². The Balaban J connectivity index is 2.16. The molecular formula is C15H30N2O. The first-order valence-corrected chi connectivity index (χ1v) is 7.31. The van der Waals surface area contributed by atoms with E-state index in [0.29, 0.717) is 12.1 Å². The van der Waals surface area contributed by atoms with Crippen molar-refractivity contribution in [3.05, 3.63) is 11.6 Å². The molecule has 0 aromatic rings. The van der Waals surface area contributed by atoms with Crippen LogP contribution in [0.5, 0.6) is 0 Å². The molecule has 0 bridgehead atoms. The zero-order chi connectivity index (χ0) is 13.4. The SMILES string of the molecule is CCOCC(C)NC1CCN(CC=C(C)C)CC1. The normalized spacial score (nSPS) is 19.8. The van der Waals surface area contributed by atoms with E-state index in [0.717, 1.165) is 19.8 Å². The Morgan fingerprint density at radius 1 is 1.39 bits per heavy atom. The summed E-state index contributed by atoms with van der Waals surface area (Å²) in [5, 5.41) is 3.67. The first-order chi connectivity index (χ1) is 8.61. The predicted molar refractivity (Wildman–Crippen MR) is 78.0 cm³/mol. The van der Waals surface area contributed by atoms with Crippen molar-refractivity contribution in [1.29, 1.82) is 0 Å². The number of hydrogen-bond acceptors (Lipinski definition) is 3. The molecule has 3 heteroatoms. The topological polar surface area (TPSA) is 24.5 Å². The van der Waals surface area contributed by atoms with Crippen LogP contribution < -0.4 is 5.32 Å². The van der Waals surface area contributed by atoms with Crippen LogP contribution in [-0.4, -0.2) is 49.8 Å². The number of nitrogens with zero attached hydrogens (tertiary/aromatic N) is 1. The quantitative estimate of drug-likeness (QED) is 0.706. The highest BCUT2D eigenvalue weighted by Crippen LogP contribution is 2.11. The van der Waals surface area contributed by atoms with Crippen LogP contribution in [0.3, 0.4) is 0 Å². The zero-order valence-electron chi connectivity index (χ0n) is 12.5. The predicted octanol–water partition coefficient (Wildman–Crippen LogP) is 2.43. The molecule has 0 amide bonds. The van der Waals surface area contributed by atoms with Crippen molar-refractivity contribution in [2.45, 2.75) is 52.6 Å². The van der Waals surface area contributed by atoms with Crippen molar-refractivity contribution in [3.8, 4) is 0 Å². The van der Waals surface area contributed by atoms with E-state index in [4.69, 9.17) is 4.74 Å². The van der Waals surface area contributed by atoms with Gasteiger partial charge in [0.15, 0.2) is 0 Å². The summed E-state index contributed by atoms with van der Waals surface area (Å²) >= 11 is 0. The number of nitrogens with one attached hydrogen (secondary N) is 1. The smallest absolute Gasteiger partial charge is 0.0616 e. The Kier molecular flexibility index (Phi) is 7.56. The van der Waals surface area contributed by atoms with E-state index in [1.807, 2.05) is 0 Å². The van der Waals surface area contributed by atoms with Gasteiger partial charge in [-0.3, -0.25) is 4.90 Å². The Morgan fingerprint density at radius 3 is 2.61 bits per heavy atom. The standard InChI is InChI=1S/C15H30N2O/c1-5-18-12-14(4)16-15-7-10-17(11-8-15)9-6-13(2)3/h6,14-16H,5,7-12H2,1-4H3. The molecule has 1 aliphatic heterocycles. The second-order valence-corrected chi connectivity index (χ2v) is 5.58. The van der Waals surface area contributed by atoms with E-state index in [1.54, 1.807) is 0 Å². The maximum atomic E-state index is 5.44. The molecule has 1 N–H and O–H groups in total. The van der Waals surface area contributed by atoms with Gasteiger partial charge in [-0.25, -0.2) is 0 Å². The van der Waals surface area contributed by atoms with Crippen LogP contribution in [0.2, 0.25) is 0 Å². The summed E-state index contributed by atoms with van der Waals surface area (Å²) in [5.41, 5.74) is 1.42. The van der Waals surface area contributed by atoms with E-state index in [2.05, 4.69) is 44.0 Å². The fourth-order valence-electron chi connectivity index (χ4n) is 2.34. The summed E-state index contributed by atoms with van der Waals surface area (Å²) in [7, 11) is 0. The monoisotopic (exact) mass is 254 g/mol. The molecule has 0 aromatic carbocycles. The summed E-state index contributed by atoms with van der Waals surface area (Å²) in [4.78, 5) is 2.54. The van der Waals surface area contributed by atoms with Crippen molar-refractivity contribution in [1.82, 2.24) is 10.2 Å². The molecule has 106 valence electrons. The molecule has 1 aliphatic rings. The number of allylic oxidation sites excluding steroid dienone is 1. The molecule has 1 saturated heterocycles. The molecule has 1 heterocycles. The lowest BCUT2D eigenvalue weighted by molar-refractivity contribution is 0.116. The maximum Gasteiger partial charge on any atom is 0.0616 e. The van der Waals surface area contributed by atoms with Crippen LogP contribution >= 0.6 is 0 Å². The molecule has 1 unspecified atom stereocenters.